The molecule has 1 aliphatic rings. The molecule has 0 unspecified atom stereocenters. The van der Waals surface area contributed by atoms with Gasteiger partial charge in [0, 0.05) is 26.3 Å². The highest BCUT2D eigenvalue weighted by Gasteiger charge is 2.22. The highest BCUT2D eigenvalue weighted by molar-refractivity contribution is 6.08. The number of ether oxygens (including phenoxy) is 2. The number of anilines is 1. The Morgan fingerprint density at radius 1 is 1.00 bits per heavy atom. The van der Waals surface area contributed by atoms with Crippen LogP contribution in [-0.4, -0.2) is 48.6 Å². The Morgan fingerprint density at radius 2 is 1.60 bits per heavy atom. The average molecular weight is 413 g/mol. The number of nitrogens with zero attached hydrogens (tertiary/aromatic N) is 2. The van der Waals surface area contributed by atoms with Gasteiger partial charge in [-0.15, -0.1) is 0 Å². The van der Waals surface area contributed by atoms with Crippen LogP contribution in [0, 0.1) is 0 Å². The summed E-state index contributed by atoms with van der Waals surface area (Å²) in [7, 11) is 4.46. The Bertz CT molecular complexity index is 969. The van der Waals surface area contributed by atoms with Crippen LogP contribution >= 0.6 is 0 Å². The van der Waals surface area contributed by atoms with E-state index < -0.39 is 11.5 Å². The Labute approximate surface area is 175 Å². The van der Waals surface area contributed by atoms with Gasteiger partial charge < -0.3 is 24.3 Å². The third-order valence-corrected chi connectivity index (χ3v) is 5.23. The van der Waals surface area contributed by atoms with Gasteiger partial charge in [0.05, 0.1) is 19.8 Å². The molecule has 0 radical (unpaired) electrons. The fourth-order valence-electron chi connectivity index (χ4n) is 3.63. The number of rotatable bonds is 5. The molecular weight excluding hydrogens is 386 g/mol. The first-order valence-electron chi connectivity index (χ1n) is 9.98. The minimum Gasteiger partial charge on any atom is -0.496 e. The van der Waals surface area contributed by atoms with E-state index in [-0.39, 0.29) is 17.2 Å². The van der Waals surface area contributed by atoms with Crippen molar-refractivity contribution in [1.29, 1.82) is 0 Å². The average Bonchev–Trinajstić information content (AvgIpc) is 3.05. The zero-order valence-corrected chi connectivity index (χ0v) is 17.6. The molecule has 0 aliphatic carbocycles. The van der Waals surface area contributed by atoms with Gasteiger partial charge in [-0.05, 0) is 31.0 Å². The molecule has 3 rings (SSSR count). The molecule has 2 amide bonds. The molecule has 0 atom stereocenters. The lowest BCUT2D eigenvalue weighted by atomic mass is 10.1. The SMILES string of the molecule is COc1cccc(OC)c1C(=O)Nc1cc(C(=O)N2CCCCCC2)cn(C)c1=O. The Balaban J connectivity index is 1.93. The number of likely N-dealkylation sites (tertiary alicyclic amines) is 1. The summed E-state index contributed by atoms with van der Waals surface area (Å²) >= 11 is 0. The van der Waals surface area contributed by atoms with E-state index in [0.29, 0.717) is 30.2 Å². The van der Waals surface area contributed by atoms with Crippen molar-refractivity contribution in [1.82, 2.24) is 9.47 Å². The molecule has 1 aliphatic heterocycles. The second-order valence-corrected chi connectivity index (χ2v) is 7.26. The summed E-state index contributed by atoms with van der Waals surface area (Å²) in [5.74, 6) is -0.0559. The minimum absolute atomic E-state index is 0.0242. The monoisotopic (exact) mass is 413 g/mol. The van der Waals surface area contributed by atoms with Gasteiger partial charge in [0.1, 0.15) is 22.7 Å². The van der Waals surface area contributed by atoms with Crippen molar-refractivity contribution in [2.24, 2.45) is 7.05 Å². The molecule has 30 heavy (non-hydrogen) atoms. The molecule has 1 fully saturated rings. The number of aromatic nitrogens is 1. The number of benzene rings is 1. The lowest BCUT2D eigenvalue weighted by molar-refractivity contribution is 0.0760. The van der Waals surface area contributed by atoms with Gasteiger partial charge in [0.25, 0.3) is 17.4 Å². The first-order chi connectivity index (χ1) is 14.5. The first-order valence-corrected chi connectivity index (χ1v) is 9.98. The Kier molecular flexibility index (Phi) is 6.76. The summed E-state index contributed by atoms with van der Waals surface area (Å²) in [6.45, 7) is 1.39. The van der Waals surface area contributed by atoms with E-state index in [0.717, 1.165) is 25.7 Å². The second-order valence-electron chi connectivity index (χ2n) is 7.26. The van der Waals surface area contributed by atoms with E-state index in [2.05, 4.69) is 5.32 Å². The van der Waals surface area contributed by atoms with Crippen LogP contribution in [-0.2, 0) is 7.05 Å². The topological polar surface area (TPSA) is 89.9 Å². The van der Waals surface area contributed by atoms with Crippen molar-refractivity contribution in [2.75, 3.05) is 32.6 Å². The van der Waals surface area contributed by atoms with Gasteiger partial charge >= 0.3 is 0 Å². The largest absolute Gasteiger partial charge is 0.496 e. The van der Waals surface area contributed by atoms with Crippen LogP contribution in [0.2, 0.25) is 0 Å². The fourth-order valence-corrected chi connectivity index (χ4v) is 3.63. The van der Waals surface area contributed by atoms with Crippen LogP contribution in [0.3, 0.4) is 0 Å². The molecule has 1 N–H and O–H groups in total. The second kappa shape index (κ2) is 9.47. The third-order valence-electron chi connectivity index (χ3n) is 5.23. The van der Waals surface area contributed by atoms with E-state index >= 15 is 0 Å². The Hall–Kier alpha value is -3.29. The maximum absolute atomic E-state index is 13.0. The van der Waals surface area contributed by atoms with Crippen LogP contribution in [0.4, 0.5) is 5.69 Å². The standard InChI is InChI=1S/C22H27N3O5/c1-24-14-15(21(27)25-11-6-4-5-7-12-25)13-16(22(24)28)23-20(26)19-17(29-2)9-8-10-18(19)30-3/h8-10,13-14H,4-7,11-12H2,1-3H3,(H,23,26). The number of methoxy groups -OCH3 is 2. The van der Waals surface area contributed by atoms with Crippen LogP contribution in [0.25, 0.3) is 0 Å². The molecule has 2 aromatic rings. The molecule has 8 heteroatoms. The molecule has 0 spiro atoms. The van der Waals surface area contributed by atoms with Crippen LogP contribution in [0.15, 0.2) is 35.3 Å². The van der Waals surface area contributed by atoms with Gasteiger partial charge in [0.2, 0.25) is 0 Å². The maximum Gasteiger partial charge on any atom is 0.274 e. The smallest absolute Gasteiger partial charge is 0.274 e. The summed E-state index contributed by atoms with van der Waals surface area (Å²) in [5.41, 5.74) is 0.149. The van der Waals surface area contributed by atoms with E-state index in [1.807, 2.05) is 4.90 Å². The number of amides is 2. The Morgan fingerprint density at radius 3 is 2.17 bits per heavy atom. The molecule has 1 saturated heterocycles. The summed E-state index contributed by atoms with van der Waals surface area (Å²) in [5, 5.41) is 2.62. The van der Waals surface area contributed by atoms with Crippen molar-refractivity contribution in [2.45, 2.75) is 25.7 Å². The number of hydrogen-bond donors (Lipinski definition) is 1. The number of nitrogens with one attached hydrogen (secondary N) is 1. The molecule has 1 aromatic carbocycles. The first kappa shape index (κ1) is 21.4. The molecule has 2 heterocycles. The zero-order valence-electron chi connectivity index (χ0n) is 17.6. The molecule has 8 nitrogen and oxygen atoms in total. The fraction of sp³-hybridized carbons (Fsp3) is 0.409. The molecule has 160 valence electrons. The number of aryl methyl sites for hydroxylation is 1. The van der Waals surface area contributed by atoms with Crippen molar-refractivity contribution in [3.05, 3.63) is 51.9 Å². The lowest BCUT2D eigenvalue weighted by Gasteiger charge is -2.21. The van der Waals surface area contributed by atoms with Crippen LogP contribution in [0.1, 0.15) is 46.4 Å². The molecule has 1 aromatic heterocycles. The van der Waals surface area contributed by atoms with Crippen molar-refractivity contribution in [3.8, 4) is 11.5 Å². The summed E-state index contributed by atoms with van der Waals surface area (Å²) in [4.78, 5) is 40.4. The predicted octanol–water partition coefficient (Wildman–Crippen LogP) is 2.67. The normalized spacial score (nSPS) is 14.0. The van der Waals surface area contributed by atoms with E-state index in [9.17, 15) is 14.4 Å². The van der Waals surface area contributed by atoms with Crippen LogP contribution in [0.5, 0.6) is 11.5 Å². The predicted molar refractivity (Wildman–Crippen MR) is 114 cm³/mol. The van der Waals surface area contributed by atoms with Gasteiger partial charge in [-0.3, -0.25) is 14.4 Å². The number of carbonyl (C=O) groups is 2. The van der Waals surface area contributed by atoms with Crippen molar-refractivity contribution in [3.63, 3.8) is 0 Å². The van der Waals surface area contributed by atoms with Crippen molar-refractivity contribution < 1.29 is 19.1 Å². The maximum atomic E-state index is 13.0. The van der Waals surface area contributed by atoms with Crippen LogP contribution < -0.4 is 20.3 Å². The number of hydrogen-bond acceptors (Lipinski definition) is 5. The summed E-state index contributed by atoms with van der Waals surface area (Å²) < 4.78 is 11.8. The van der Waals surface area contributed by atoms with Gasteiger partial charge in [0.15, 0.2) is 0 Å². The highest BCUT2D eigenvalue weighted by Crippen LogP contribution is 2.29. The quantitative estimate of drug-likeness (QED) is 0.814. The van der Waals surface area contributed by atoms with Crippen molar-refractivity contribution >= 4 is 17.5 Å². The number of pyridine rings is 1. The minimum atomic E-state index is -0.555. The van der Waals surface area contributed by atoms with Gasteiger partial charge in [-0.25, -0.2) is 0 Å². The lowest BCUT2D eigenvalue weighted by Crippen LogP contribution is -2.33. The van der Waals surface area contributed by atoms with E-state index in [1.54, 1.807) is 25.2 Å². The number of carbonyl (C=O) groups excluding carboxylic acids is 2. The third kappa shape index (κ3) is 4.48. The van der Waals surface area contributed by atoms with Gasteiger partial charge in [-0.2, -0.15) is 0 Å². The summed E-state index contributed by atoms with van der Waals surface area (Å²) in [6.07, 6.45) is 5.66. The zero-order chi connectivity index (χ0) is 21.7. The summed E-state index contributed by atoms with van der Waals surface area (Å²) in [6, 6.07) is 6.41. The van der Waals surface area contributed by atoms with E-state index in [1.165, 1.54) is 31.0 Å². The highest BCUT2D eigenvalue weighted by atomic mass is 16.5. The van der Waals surface area contributed by atoms with E-state index in [4.69, 9.17) is 9.47 Å². The molecule has 0 saturated carbocycles. The molecular formula is C22H27N3O5. The molecule has 0 bridgehead atoms. The van der Waals surface area contributed by atoms with Gasteiger partial charge in [-0.1, -0.05) is 18.9 Å².